The first-order valence-corrected chi connectivity index (χ1v) is 1.17. The van der Waals surface area contributed by atoms with Crippen LogP contribution in [0.5, 0.6) is 0 Å². The van der Waals surface area contributed by atoms with E-state index in [2.05, 4.69) is 25.3 Å². The second-order valence-electron chi connectivity index (χ2n) is 0.424. The quantitative estimate of drug-likeness (QED) is 0.222. The molecular weight excluding hydrogens is 100 g/mol. The Balaban J connectivity index is 3.33. The van der Waals surface area contributed by atoms with Gasteiger partial charge in [-0.15, -0.1) is 0 Å². The van der Waals surface area contributed by atoms with E-state index in [0.717, 1.165) is 0 Å². The molecule has 7 heavy (non-hydrogen) atoms. The van der Waals surface area contributed by atoms with Crippen molar-refractivity contribution in [3.63, 3.8) is 0 Å². The molecule has 36 valence electrons. The molecule has 0 aromatic rings. The van der Waals surface area contributed by atoms with Crippen LogP contribution >= 0.6 is 0 Å². The predicted molar refractivity (Wildman–Crippen MR) is 19.4 cm³/mol. The maximum absolute atomic E-state index is 7.44. The first kappa shape index (κ1) is 5.42. The molecule has 7 heteroatoms. The number of hydrogen-bond donors (Lipinski definition) is 0. The highest BCUT2D eigenvalue weighted by Crippen LogP contribution is 1.74. The minimum Gasteiger partial charge on any atom is -0.324 e. The number of hydrogen-bond acceptors (Lipinski definition) is 3. The Bertz CT molecular complexity index is 107. The molecule has 0 saturated heterocycles. The van der Waals surface area contributed by atoms with E-state index in [4.69, 9.17) is 11.1 Å². The molecule has 0 saturated carbocycles. The van der Waals surface area contributed by atoms with E-state index >= 15 is 0 Å². The van der Waals surface area contributed by atoms with Crippen LogP contribution in [0.15, 0.2) is 10.6 Å². The van der Waals surface area contributed by atoms with Crippen LogP contribution in [0.2, 0.25) is 0 Å². The van der Waals surface area contributed by atoms with E-state index in [0.29, 0.717) is 0 Å². The third kappa shape index (κ3) is 4.42. The van der Waals surface area contributed by atoms with Gasteiger partial charge in [-0.3, -0.25) is 0 Å². The summed E-state index contributed by atoms with van der Waals surface area (Å²) < 4.78 is 0. The Kier molecular flexibility index (Phi) is 3.42. The van der Waals surface area contributed by atoms with E-state index in [1.165, 1.54) is 0 Å². The van der Waals surface area contributed by atoms with Crippen LogP contribution in [0.3, 0.4) is 0 Å². The van der Waals surface area contributed by atoms with Crippen LogP contribution < -0.4 is 0 Å². The van der Waals surface area contributed by atoms with Crippen molar-refractivity contribution in [1.82, 2.24) is 0 Å². The summed E-state index contributed by atoms with van der Waals surface area (Å²) in [6, 6.07) is 0. The van der Waals surface area contributed by atoms with Crippen LogP contribution in [-0.4, -0.2) is 0 Å². The molecule has 0 spiro atoms. The van der Waals surface area contributed by atoms with Crippen LogP contribution in [0.1, 0.15) is 0 Å². The van der Waals surface area contributed by atoms with E-state index in [9.17, 15) is 0 Å². The van der Waals surface area contributed by atoms with Crippen LogP contribution in [0.25, 0.3) is 20.9 Å². The Morgan fingerprint density at radius 1 is 1.14 bits per heavy atom. The molecule has 0 N–H and O–H groups in total. The molecule has 0 aliphatic carbocycles. The number of azide groups is 1. The van der Waals surface area contributed by atoms with Gasteiger partial charge in [0.05, 0.1) is 0 Å². The average molecular weight is 100 g/mol. The van der Waals surface area contributed by atoms with Gasteiger partial charge in [-0.2, -0.15) is 0 Å². The van der Waals surface area contributed by atoms with Gasteiger partial charge in [-0.25, -0.2) is 0 Å². The maximum Gasteiger partial charge on any atom is 0.124 e. The minimum atomic E-state index is 2.11. The molecule has 0 fully saturated rings. The molecule has 0 radical (unpaired) electrons. The Morgan fingerprint density at radius 3 is 1.86 bits per heavy atom. The average Bonchev–Trinajstić information content (AvgIpc) is 1.69. The summed E-state index contributed by atoms with van der Waals surface area (Å²) in [5, 5.41) is 4.84. The highest BCUT2D eigenvalue weighted by molar-refractivity contribution is 4.30. The second kappa shape index (κ2) is 4.42. The van der Waals surface area contributed by atoms with Crippen molar-refractivity contribution in [2.45, 2.75) is 0 Å². The Hall–Kier alpha value is -1.58. The lowest BCUT2D eigenvalue weighted by Gasteiger charge is -1.69. The van der Waals surface area contributed by atoms with Crippen molar-refractivity contribution < 1.29 is 4.94 Å². The smallest absolute Gasteiger partial charge is 0.124 e. The fraction of sp³-hybridized carbons (Fsp3) is 0. The van der Waals surface area contributed by atoms with E-state index in [1.807, 2.05) is 0 Å². The standard InChI is InChI=1S/N6O/c1-3-5-7-6-4-2. The van der Waals surface area contributed by atoms with Crippen molar-refractivity contribution >= 4 is 0 Å². The zero-order valence-corrected chi connectivity index (χ0v) is 3.09. The fourth-order valence-corrected chi connectivity index (χ4v) is 0.0490. The summed E-state index contributed by atoms with van der Waals surface area (Å²) >= 11 is 0. The van der Waals surface area contributed by atoms with E-state index in [1.54, 1.807) is 0 Å². The van der Waals surface area contributed by atoms with Gasteiger partial charge in [0.25, 0.3) is 0 Å². The molecule has 0 aromatic carbocycles. The second-order valence-corrected chi connectivity index (χ2v) is 0.424. The molecule has 0 amide bonds. The van der Waals surface area contributed by atoms with Crippen molar-refractivity contribution in [3.8, 4) is 0 Å². The summed E-state index contributed by atoms with van der Waals surface area (Å²) in [6.07, 6.45) is 0. The SMILES string of the molecule is [N-]=[N+]=NON=[N+]=[N-]. The first-order chi connectivity index (χ1) is 3.41. The van der Waals surface area contributed by atoms with Gasteiger partial charge in [0, 0.05) is 9.82 Å². The third-order valence-electron chi connectivity index (χ3n) is 0.146. The van der Waals surface area contributed by atoms with Crippen LogP contribution in [0.4, 0.5) is 0 Å². The molecule has 0 rings (SSSR count). The summed E-state index contributed by atoms with van der Waals surface area (Å²) in [6.45, 7) is 0. The van der Waals surface area contributed by atoms with Crippen LogP contribution in [0, 0.1) is 0 Å². The van der Waals surface area contributed by atoms with Gasteiger partial charge >= 0.3 is 0 Å². The van der Waals surface area contributed by atoms with Crippen molar-refractivity contribution in [1.29, 1.82) is 0 Å². The summed E-state index contributed by atoms with van der Waals surface area (Å²) in [5.41, 5.74) is 14.9. The monoisotopic (exact) mass is 100 g/mol. The molecule has 7 nitrogen and oxygen atoms in total. The molecular formula is N6O. The van der Waals surface area contributed by atoms with Crippen LogP contribution in [-0.2, 0) is 4.94 Å². The fourth-order valence-electron chi connectivity index (χ4n) is 0.0490. The van der Waals surface area contributed by atoms with E-state index in [-0.39, 0.29) is 0 Å². The van der Waals surface area contributed by atoms with Gasteiger partial charge in [0.2, 0.25) is 0 Å². The highest BCUT2D eigenvalue weighted by Gasteiger charge is 1.58. The minimum absolute atomic E-state index is 2.11. The van der Waals surface area contributed by atoms with Crippen molar-refractivity contribution in [2.75, 3.05) is 0 Å². The molecule has 0 aliphatic heterocycles. The Labute approximate surface area is 37.7 Å². The van der Waals surface area contributed by atoms with Gasteiger partial charge in [-0.05, 0) is 11.1 Å². The molecule has 0 heterocycles. The summed E-state index contributed by atoms with van der Waals surface area (Å²) in [4.78, 5) is 7.77. The Morgan fingerprint density at radius 2 is 1.57 bits per heavy atom. The lowest BCUT2D eigenvalue weighted by molar-refractivity contribution is 0.143. The zero-order chi connectivity index (χ0) is 5.54. The van der Waals surface area contributed by atoms with Gasteiger partial charge in [0.15, 0.2) is 0 Å². The molecule has 0 bridgehead atoms. The lowest BCUT2D eigenvalue weighted by atomic mass is 12.8. The zero-order valence-electron chi connectivity index (χ0n) is 3.09. The lowest BCUT2D eigenvalue weighted by Crippen LogP contribution is -1.52. The number of rotatable bonds is 2. The number of nitrogens with zero attached hydrogens (tertiary/aromatic N) is 6. The van der Waals surface area contributed by atoms with E-state index < -0.39 is 0 Å². The predicted octanol–water partition coefficient (Wildman–Crippen LogP) is 1.45. The summed E-state index contributed by atoms with van der Waals surface area (Å²) in [5.74, 6) is 0. The highest BCUT2D eigenvalue weighted by atomic mass is 16.8. The third-order valence-corrected chi connectivity index (χ3v) is 0.146. The first-order valence-electron chi connectivity index (χ1n) is 1.17. The maximum atomic E-state index is 7.44. The van der Waals surface area contributed by atoms with Crippen molar-refractivity contribution in [3.05, 3.63) is 20.9 Å². The molecule has 0 aromatic heterocycles. The molecule has 0 aliphatic rings. The van der Waals surface area contributed by atoms with Gasteiger partial charge in [-0.1, -0.05) is 0 Å². The van der Waals surface area contributed by atoms with Gasteiger partial charge in [0.1, 0.15) is 10.6 Å². The van der Waals surface area contributed by atoms with Crippen molar-refractivity contribution in [2.24, 2.45) is 10.6 Å². The molecule has 0 atom stereocenters. The topological polar surface area (TPSA) is 107 Å². The molecule has 0 unspecified atom stereocenters. The van der Waals surface area contributed by atoms with Gasteiger partial charge < -0.3 is 4.94 Å². The normalized spacial score (nSPS) is 5.14. The largest absolute Gasteiger partial charge is 0.324 e. The summed E-state index contributed by atoms with van der Waals surface area (Å²) in [7, 11) is 0.